The molecule has 2 aromatic rings. The van der Waals surface area contributed by atoms with Gasteiger partial charge in [0.15, 0.2) is 5.69 Å². The van der Waals surface area contributed by atoms with Gasteiger partial charge in [-0.15, -0.1) is 17.5 Å². The van der Waals surface area contributed by atoms with Crippen molar-refractivity contribution in [2.45, 2.75) is 32.4 Å². The molecule has 1 atom stereocenters. The summed E-state index contributed by atoms with van der Waals surface area (Å²) >= 11 is 0. The molecule has 3 rings (SSSR count). The molecule has 148 valence electrons. The summed E-state index contributed by atoms with van der Waals surface area (Å²) in [5, 5.41) is 11.3. The Morgan fingerprint density at radius 3 is 2.67 bits per heavy atom. The van der Waals surface area contributed by atoms with Gasteiger partial charge in [0.2, 0.25) is 0 Å². The van der Waals surface area contributed by atoms with E-state index in [9.17, 15) is 13.6 Å². The molecule has 1 aliphatic heterocycles. The van der Waals surface area contributed by atoms with Crippen LogP contribution in [0.4, 0.5) is 8.78 Å². The SMILES string of the molecule is CNC1CCCN(C(=O)c2nnn(-c3ccc(OC(F)F)cc3)c2C)C1.Cl. The van der Waals surface area contributed by atoms with Gasteiger partial charge in [-0.05, 0) is 51.1 Å². The Hall–Kier alpha value is -2.26. The summed E-state index contributed by atoms with van der Waals surface area (Å²) in [6.07, 6.45) is 1.98. The molecular weight excluding hydrogens is 380 g/mol. The van der Waals surface area contributed by atoms with Gasteiger partial charge < -0.3 is 15.0 Å². The second-order valence-electron chi connectivity index (χ2n) is 6.19. The maximum atomic E-state index is 12.8. The van der Waals surface area contributed by atoms with E-state index in [-0.39, 0.29) is 30.1 Å². The minimum Gasteiger partial charge on any atom is -0.435 e. The molecule has 7 nitrogen and oxygen atoms in total. The first-order valence-electron chi connectivity index (χ1n) is 8.43. The molecule has 1 aliphatic rings. The number of alkyl halides is 2. The largest absolute Gasteiger partial charge is 0.435 e. The third-order valence-electron chi connectivity index (χ3n) is 4.52. The molecular formula is C17H22ClF2N5O2. The molecule has 1 saturated heterocycles. The van der Waals surface area contributed by atoms with E-state index in [1.165, 1.54) is 16.8 Å². The summed E-state index contributed by atoms with van der Waals surface area (Å²) < 4.78 is 30.3. The first kappa shape index (κ1) is 21.0. The Kier molecular flexibility index (Phi) is 7.09. The van der Waals surface area contributed by atoms with Crippen molar-refractivity contribution < 1.29 is 18.3 Å². The van der Waals surface area contributed by atoms with Crippen LogP contribution in [0.2, 0.25) is 0 Å². The highest BCUT2D eigenvalue weighted by atomic mass is 35.5. The molecule has 0 aliphatic carbocycles. The number of likely N-dealkylation sites (tertiary alicyclic amines) is 1. The van der Waals surface area contributed by atoms with Crippen LogP contribution in [0.3, 0.4) is 0 Å². The molecule has 1 unspecified atom stereocenters. The molecule has 2 heterocycles. The number of amides is 1. The van der Waals surface area contributed by atoms with E-state index in [1.807, 2.05) is 7.05 Å². The zero-order valence-corrected chi connectivity index (χ0v) is 15.9. The number of rotatable bonds is 5. The van der Waals surface area contributed by atoms with Crippen LogP contribution in [0.1, 0.15) is 29.0 Å². The van der Waals surface area contributed by atoms with Crippen LogP contribution < -0.4 is 10.1 Å². The smallest absolute Gasteiger partial charge is 0.387 e. The van der Waals surface area contributed by atoms with E-state index in [4.69, 9.17) is 0 Å². The van der Waals surface area contributed by atoms with Gasteiger partial charge >= 0.3 is 6.61 Å². The van der Waals surface area contributed by atoms with Crippen molar-refractivity contribution in [3.8, 4) is 11.4 Å². The lowest BCUT2D eigenvalue weighted by Crippen LogP contribution is -2.47. The zero-order chi connectivity index (χ0) is 18.7. The zero-order valence-electron chi connectivity index (χ0n) is 15.1. The van der Waals surface area contributed by atoms with E-state index in [0.717, 1.165) is 12.8 Å². The van der Waals surface area contributed by atoms with Gasteiger partial charge in [0.25, 0.3) is 5.91 Å². The van der Waals surface area contributed by atoms with Crippen molar-refractivity contribution >= 4 is 18.3 Å². The number of halogens is 3. The number of nitrogens with zero attached hydrogens (tertiary/aromatic N) is 4. The first-order valence-corrected chi connectivity index (χ1v) is 8.43. The number of nitrogens with one attached hydrogen (secondary N) is 1. The normalized spacial score (nSPS) is 16.9. The van der Waals surface area contributed by atoms with Crippen LogP contribution in [-0.2, 0) is 0 Å². The van der Waals surface area contributed by atoms with Crippen molar-refractivity contribution in [2.24, 2.45) is 0 Å². The second kappa shape index (κ2) is 9.09. The number of ether oxygens (including phenoxy) is 1. The summed E-state index contributed by atoms with van der Waals surface area (Å²) in [5.41, 5.74) is 1.51. The number of aromatic nitrogens is 3. The minimum atomic E-state index is -2.87. The highest BCUT2D eigenvalue weighted by Gasteiger charge is 2.27. The summed E-state index contributed by atoms with van der Waals surface area (Å²) in [5.74, 6) is -0.0874. The Balaban J connectivity index is 0.00000261. The van der Waals surface area contributed by atoms with Crippen molar-refractivity contribution in [1.82, 2.24) is 25.2 Å². The molecule has 0 spiro atoms. The predicted octanol–water partition coefficient (Wildman–Crippen LogP) is 2.42. The minimum absolute atomic E-state index is 0. The van der Waals surface area contributed by atoms with E-state index in [0.29, 0.717) is 30.2 Å². The molecule has 0 saturated carbocycles. The van der Waals surface area contributed by atoms with Gasteiger partial charge in [0.05, 0.1) is 11.4 Å². The summed E-state index contributed by atoms with van der Waals surface area (Å²) in [7, 11) is 1.89. The monoisotopic (exact) mass is 401 g/mol. The third kappa shape index (κ3) is 4.72. The number of hydrogen-bond donors (Lipinski definition) is 1. The van der Waals surface area contributed by atoms with E-state index in [2.05, 4.69) is 20.4 Å². The fourth-order valence-electron chi connectivity index (χ4n) is 3.09. The van der Waals surface area contributed by atoms with Gasteiger partial charge in [-0.1, -0.05) is 5.21 Å². The molecule has 0 radical (unpaired) electrons. The first-order chi connectivity index (χ1) is 12.5. The van der Waals surface area contributed by atoms with E-state index in [1.54, 1.807) is 24.0 Å². The van der Waals surface area contributed by atoms with Crippen molar-refractivity contribution in [3.63, 3.8) is 0 Å². The fourth-order valence-corrected chi connectivity index (χ4v) is 3.09. The molecule has 1 amide bonds. The predicted molar refractivity (Wildman–Crippen MR) is 98.0 cm³/mol. The Labute approximate surface area is 162 Å². The number of carbonyl (C=O) groups is 1. The number of piperidine rings is 1. The number of benzene rings is 1. The number of likely N-dealkylation sites (N-methyl/N-ethyl adjacent to an activating group) is 1. The Morgan fingerprint density at radius 1 is 1.33 bits per heavy atom. The van der Waals surface area contributed by atoms with Crippen LogP contribution in [0.5, 0.6) is 5.75 Å². The Bertz CT molecular complexity index is 769. The quantitative estimate of drug-likeness (QED) is 0.833. The number of carbonyl (C=O) groups excluding carboxylic acids is 1. The summed E-state index contributed by atoms with van der Waals surface area (Å²) in [4.78, 5) is 14.6. The average Bonchev–Trinajstić information content (AvgIpc) is 3.03. The topological polar surface area (TPSA) is 72.3 Å². The maximum Gasteiger partial charge on any atom is 0.387 e. The number of hydrogen-bond acceptors (Lipinski definition) is 5. The van der Waals surface area contributed by atoms with Crippen LogP contribution in [0.25, 0.3) is 5.69 Å². The van der Waals surface area contributed by atoms with Crippen LogP contribution in [-0.4, -0.2) is 58.6 Å². The van der Waals surface area contributed by atoms with Crippen LogP contribution in [0.15, 0.2) is 24.3 Å². The molecule has 1 fully saturated rings. The highest BCUT2D eigenvalue weighted by Crippen LogP contribution is 2.20. The third-order valence-corrected chi connectivity index (χ3v) is 4.52. The van der Waals surface area contributed by atoms with Crippen LogP contribution in [0, 0.1) is 6.92 Å². The lowest BCUT2D eigenvalue weighted by molar-refractivity contribution is -0.0498. The molecule has 1 aromatic carbocycles. The second-order valence-corrected chi connectivity index (χ2v) is 6.19. The standard InChI is InChI=1S/C17H21F2N5O2.ClH/c1-11-15(16(25)23-9-3-4-12(10-23)20-2)21-22-24(11)13-5-7-14(8-6-13)26-17(18)19;/h5-8,12,17,20H,3-4,9-10H2,1-2H3;1H. The highest BCUT2D eigenvalue weighted by molar-refractivity contribution is 5.93. The van der Waals surface area contributed by atoms with Gasteiger partial charge in [-0.25, -0.2) is 4.68 Å². The van der Waals surface area contributed by atoms with E-state index >= 15 is 0 Å². The lowest BCUT2D eigenvalue weighted by atomic mass is 10.1. The Morgan fingerprint density at radius 2 is 2.04 bits per heavy atom. The maximum absolute atomic E-state index is 12.8. The molecule has 10 heteroatoms. The van der Waals surface area contributed by atoms with Gasteiger partial charge in [0.1, 0.15) is 5.75 Å². The van der Waals surface area contributed by atoms with Gasteiger partial charge in [0, 0.05) is 19.1 Å². The van der Waals surface area contributed by atoms with E-state index < -0.39 is 6.61 Å². The molecule has 27 heavy (non-hydrogen) atoms. The van der Waals surface area contributed by atoms with Crippen molar-refractivity contribution in [1.29, 1.82) is 0 Å². The molecule has 0 bridgehead atoms. The average molecular weight is 402 g/mol. The summed E-state index contributed by atoms with van der Waals surface area (Å²) in [6, 6.07) is 6.31. The van der Waals surface area contributed by atoms with Crippen molar-refractivity contribution in [2.75, 3.05) is 20.1 Å². The fraction of sp³-hybridized carbons (Fsp3) is 0.471. The molecule has 1 aromatic heterocycles. The van der Waals surface area contributed by atoms with Crippen molar-refractivity contribution in [3.05, 3.63) is 35.7 Å². The van der Waals surface area contributed by atoms with Gasteiger partial charge in [-0.3, -0.25) is 4.79 Å². The molecule has 1 N–H and O–H groups in total. The van der Waals surface area contributed by atoms with Gasteiger partial charge in [-0.2, -0.15) is 8.78 Å². The lowest BCUT2D eigenvalue weighted by Gasteiger charge is -2.32. The van der Waals surface area contributed by atoms with Crippen LogP contribution >= 0.6 is 12.4 Å². The summed E-state index contributed by atoms with van der Waals surface area (Å²) in [6.45, 7) is 0.227.